The van der Waals surface area contributed by atoms with E-state index in [1.54, 1.807) is 12.2 Å². The van der Waals surface area contributed by atoms with Gasteiger partial charge in [0.1, 0.15) is 5.83 Å². The summed E-state index contributed by atoms with van der Waals surface area (Å²) in [5, 5.41) is 0. The molecule has 0 aliphatic heterocycles. The fourth-order valence-electron chi connectivity index (χ4n) is 0.256. The van der Waals surface area contributed by atoms with E-state index in [1.165, 1.54) is 12.2 Å². The van der Waals surface area contributed by atoms with Crippen LogP contribution in [0.1, 0.15) is 6.92 Å². The maximum absolute atomic E-state index is 12.0. The molecule has 8 heavy (non-hydrogen) atoms. The molecule has 0 saturated heterocycles. The van der Waals surface area contributed by atoms with Crippen molar-refractivity contribution in [3.05, 3.63) is 36.7 Å². The fraction of sp³-hybridized carbons (Fsp3) is 0.143. The van der Waals surface area contributed by atoms with Gasteiger partial charge in [0.2, 0.25) is 0 Å². The first-order chi connectivity index (χ1) is 3.81. The summed E-state index contributed by atoms with van der Waals surface area (Å²) < 4.78 is 12.0. The Kier molecular flexibility index (Phi) is 3.85. The summed E-state index contributed by atoms with van der Waals surface area (Å²) in [4.78, 5) is 0. The molecule has 0 bridgehead atoms. The molecular formula is C7H9F. The first-order valence-electron chi connectivity index (χ1n) is 2.42. The van der Waals surface area contributed by atoms with Gasteiger partial charge in [-0.05, 0) is 19.1 Å². The van der Waals surface area contributed by atoms with Crippen LogP contribution >= 0.6 is 0 Å². The second-order valence-corrected chi connectivity index (χ2v) is 1.28. The Morgan fingerprint density at radius 2 is 2.25 bits per heavy atom. The van der Waals surface area contributed by atoms with E-state index in [-0.39, 0.29) is 5.83 Å². The third kappa shape index (κ3) is 3.34. The van der Waals surface area contributed by atoms with Crippen LogP contribution in [0.3, 0.4) is 0 Å². The van der Waals surface area contributed by atoms with E-state index in [0.29, 0.717) is 0 Å². The average Bonchev–Trinajstić information content (AvgIpc) is 1.83. The minimum absolute atomic E-state index is 0.303. The molecule has 0 aromatic carbocycles. The molecule has 0 amide bonds. The minimum atomic E-state index is -0.303. The van der Waals surface area contributed by atoms with E-state index >= 15 is 0 Å². The van der Waals surface area contributed by atoms with Gasteiger partial charge in [-0.2, -0.15) is 0 Å². The van der Waals surface area contributed by atoms with E-state index in [2.05, 4.69) is 6.58 Å². The van der Waals surface area contributed by atoms with Crippen LogP contribution in [-0.4, -0.2) is 0 Å². The smallest absolute Gasteiger partial charge is 0.122 e. The molecule has 0 aromatic rings. The van der Waals surface area contributed by atoms with Crippen LogP contribution in [0.15, 0.2) is 36.7 Å². The van der Waals surface area contributed by atoms with Crippen LogP contribution in [0.5, 0.6) is 0 Å². The molecule has 0 spiro atoms. The normalized spacial score (nSPS) is 12.5. The highest BCUT2D eigenvalue weighted by Crippen LogP contribution is 1.95. The Labute approximate surface area is 49.0 Å². The van der Waals surface area contributed by atoms with Gasteiger partial charge in [0.15, 0.2) is 0 Å². The zero-order chi connectivity index (χ0) is 6.41. The van der Waals surface area contributed by atoms with Gasteiger partial charge in [-0.15, -0.1) is 0 Å². The molecule has 0 nitrogen and oxygen atoms in total. The molecule has 44 valence electrons. The topological polar surface area (TPSA) is 0 Å². The van der Waals surface area contributed by atoms with Crippen LogP contribution in [0.2, 0.25) is 0 Å². The molecule has 0 unspecified atom stereocenters. The summed E-state index contributed by atoms with van der Waals surface area (Å²) in [6.07, 6.45) is 5.90. The summed E-state index contributed by atoms with van der Waals surface area (Å²) in [5.41, 5.74) is 0. The predicted molar refractivity (Wildman–Crippen MR) is 34.2 cm³/mol. The van der Waals surface area contributed by atoms with Crippen molar-refractivity contribution in [1.29, 1.82) is 0 Å². The van der Waals surface area contributed by atoms with E-state index in [4.69, 9.17) is 0 Å². The van der Waals surface area contributed by atoms with Gasteiger partial charge in [-0.25, -0.2) is 4.39 Å². The number of halogens is 1. The van der Waals surface area contributed by atoms with Crippen LogP contribution in [-0.2, 0) is 0 Å². The van der Waals surface area contributed by atoms with E-state index in [1.807, 2.05) is 6.92 Å². The fourth-order valence-corrected chi connectivity index (χ4v) is 0.256. The van der Waals surface area contributed by atoms with Crippen LogP contribution in [0, 0.1) is 0 Å². The van der Waals surface area contributed by atoms with Crippen molar-refractivity contribution in [2.75, 3.05) is 0 Å². The molecule has 1 heteroatoms. The van der Waals surface area contributed by atoms with Gasteiger partial charge in [-0.1, -0.05) is 18.7 Å². The quantitative estimate of drug-likeness (QED) is 0.481. The van der Waals surface area contributed by atoms with Gasteiger partial charge in [0.05, 0.1) is 0 Å². The number of rotatable bonds is 2. The van der Waals surface area contributed by atoms with E-state index in [9.17, 15) is 4.39 Å². The largest absolute Gasteiger partial charge is 0.207 e. The van der Waals surface area contributed by atoms with Crippen LogP contribution < -0.4 is 0 Å². The monoisotopic (exact) mass is 112 g/mol. The molecule has 0 aliphatic carbocycles. The highest BCUT2D eigenvalue weighted by atomic mass is 19.1. The summed E-state index contributed by atoms with van der Waals surface area (Å²) in [6.45, 7) is 5.06. The van der Waals surface area contributed by atoms with E-state index in [0.717, 1.165) is 0 Å². The Morgan fingerprint density at radius 3 is 2.62 bits per heavy atom. The maximum Gasteiger partial charge on any atom is 0.122 e. The highest BCUT2D eigenvalue weighted by molar-refractivity contribution is 5.14. The molecule has 0 atom stereocenters. The lowest BCUT2D eigenvalue weighted by Crippen LogP contribution is -1.57. The molecule has 0 N–H and O–H groups in total. The van der Waals surface area contributed by atoms with Gasteiger partial charge in [0.25, 0.3) is 0 Å². The van der Waals surface area contributed by atoms with Crippen molar-refractivity contribution in [3.8, 4) is 0 Å². The molecule has 0 radical (unpaired) electrons. The van der Waals surface area contributed by atoms with Crippen molar-refractivity contribution in [1.82, 2.24) is 0 Å². The molecule has 0 saturated carbocycles. The maximum atomic E-state index is 12.0. The lowest BCUT2D eigenvalue weighted by atomic mass is 10.4. The SMILES string of the molecule is C=C/C(F)=C\C=C/C. The van der Waals surface area contributed by atoms with Crippen molar-refractivity contribution in [2.45, 2.75) is 6.92 Å². The van der Waals surface area contributed by atoms with Crippen molar-refractivity contribution in [2.24, 2.45) is 0 Å². The van der Waals surface area contributed by atoms with E-state index < -0.39 is 0 Å². The summed E-state index contributed by atoms with van der Waals surface area (Å²) in [7, 11) is 0. The van der Waals surface area contributed by atoms with Crippen LogP contribution in [0.4, 0.5) is 4.39 Å². The van der Waals surface area contributed by atoms with Gasteiger partial charge in [0, 0.05) is 0 Å². The molecular weight excluding hydrogens is 103 g/mol. The van der Waals surface area contributed by atoms with Crippen molar-refractivity contribution < 1.29 is 4.39 Å². The minimum Gasteiger partial charge on any atom is -0.207 e. The summed E-state index contributed by atoms with van der Waals surface area (Å²) in [6, 6.07) is 0. The molecule has 0 heterocycles. The number of hydrogen-bond acceptors (Lipinski definition) is 0. The second kappa shape index (κ2) is 4.31. The Bertz CT molecular complexity index is 120. The van der Waals surface area contributed by atoms with Crippen LogP contribution in [0.25, 0.3) is 0 Å². The third-order valence-corrected chi connectivity index (χ3v) is 0.643. The highest BCUT2D eigenvalue weighted by Gasteiger charge is 1.76. The lowest BCUT2D eigenvalue weighted by molar-refractivity contribution is 0.668. The third-order valence-electron chi connectivity index (χ3n) is 0.643. The van der Waals surface area contributed by atoms with Gasteiger partial charge < -0.3 is 0 Å². The molecule has 0 rings (SSSR count). The number of hydrogen-bond donors (Lipinski definition) is 0. The Balaban J connectivity index is 3.74. The lowest BCUT2D eigenvalue weighted by Gasteiger charge is -1.76. The predicted octanol–water partition coefficient (Wildman–Crippen LogP) is 2.60. The summed E-state index contributed by atoms with van der Waals surface area (Å²) in [5.74, 6) is -0.303. The average molecular weight is 112 g/mol. The van der Waals surface area contributed by atoms with Gasteiger partial charge in [-0.3, -0.25) is 0 Å². The zero-order valence-electron chi connectivity index (χ0n) is 4.89. The molecule has 0 fully saturated rings. The molecule has 0 aliphatic rings. The summed E-state index contributed by atoms with van der Waals surface area (Å²) >= 11 is 0. The molecule has 0 aromatic heterocycles. The first-order valence-corrected chi connectivity index (χ1v) is 2.42. The van der Waals surface area contributed by atoms with Crippen molar-refractivity contribution >= 4 is 0 Å². The second-order valence-electron chi connectivity index (χ2n) is 1.28. The Morgan fingerprint density at radius 1 is 1.62 bits per heavy atom. The first kappa shape index (κ1) is 7.15. The number of allylic oxidation sites excluding steroid dienone is 5. The van der Waals surface area contributed by atoms with Crippen molar-refractivity contribution in [3.63, 3.8) is 0 Å². The Hall–Kier alpha value is -0.850. The standard InChI is InChI=1S/C7H9F/c1-3-5-6-7(8)4-2/h3-6H,2H2,1H3/b5-3-,7-6+. The zero-order valence-corrected chi connectivity index (χ0v) is 4.89. The van der Waals surface area contributed by atoms with Gasteiger partial charge >= 0.3 is 0 Å².